The molecule has 5 heteroatoms. The molecule has 187 valence electrons. The second kappa shape index (κ2) is 11.3. The first-order valence-electron chi connectivity index (χ1n) is 12.1. The Balaban J connectivity index is 0.000000173. The summed E-state index contributed by atoms with van der Waals surface area (Å²) in [5.41, 5.74) is 6.81. The van der Waals surface area contributed by atoms with Crippen molar-refractivity contribution in [3.8, 4) is 22.5 Å². The van der Waals surface area contributed by atoms with E-state index in [1.54, 1.807) is 0 Å². The molecule has 0 amide bonds. The van der Waals surface area contributed by atoms with Crippen LogP contribution in [-0.4, -0.2) is 18.0 Å². The Bertz CT molecular complexity index is 1620. The van der Waals surface area contributed by atoms with E-state index >= 15 is 0 Å². The van der Waals surface area contributed by atoms with E-state index in [4.69, 9.17) is 4.42 Å². The standard InChI is InChI=1S/C18H12NO.C14H16NSi.Ir/c1-12-9-10-19-16(11-12)15-7-4-6-14-13-5-2-3-8-17(13)20-18(14)15;1-16(2,3)13-9-10-14(15-11-13)12-7-5-4-6-8-12;/h2-6,8-11H,1H3;4-7,9-11H,1-3H3;/q2*-1;. The number of fused-ring (bicyclic) bond motifs is 3. The Morgan fingerprint density at radius 2 is 1.57 bits per heavy atom. The first-order chi connectivity index (χ1) is 17.4. The summed E-state index contributed by atoms with van der Waals surface area (Å²) in [6.45, 7) is 9.05. The van der Waals surface area contributed by atoms with Crippen molar-refractivity contribution in [2.24, 2.45) is 0 Å². The van der Waals surface area contributed by atoms with Crippen LogP contribution in [0.2, 0.25) is 19.6 Å². The van der Waals surface area contributed by atoms with E-state index < -0.39 is 8.07 Å². The van der Waals surface area contributed by atoms with Gasteiger partial charge in [0, 0.05) is 37.9 Å². The number of hydrogen-bond donors (Lipinski definition) is 0. The van der Waals surface area contributed by atoms with Gasteiger partial charge in [0.15, 0.2) is 0 Å². The Morgan fingerprint density at radius 3 is 2.27 bits per heavy atom. The monoisotopic (exact) mass is 677 g/mol. The number of benzene rings is 3. The zero-order valence-corrected chi connectivity index (χ0v) is 24.8. The van der Waals surface area contributed by atoms with Crippen molar-refractivity contribution >= 4 is 35.2 Å². The Hall–Kier alpha value is -3.37. The van der Waals surface area contributed by atoms with E-state index in [1.165, 1.54) is 10.8 Å². The minimum Gasteiger partial charge on any atom is -0.501 e. The van der Waals surface area contributed by atoms with Gasteiger partial charge in [0.05, 0.1) is 13.7 Å². The fourth-order valence-corrected chi connectivity index (χ4v) is 5.14. The predicted octanol–water partition coefficient (Wildman–Crippen LogP) is 7.85. The van der Waals surface area contributed by atoms with Crippen molar-refractivity contribution in [1.29, 1.82) is 0 Å². The summed E-state index contributed by atoms with van der Waals surface area (Å²) in [6, 6.07) is 34.8. The molecule has 3 aromatic carbocycles. The molecular weight excluding hydrogens is 649 g/mol. The average Bonchev–Trinajstić information content (AvgIpc) is 3.28. The number of para-hydroxylation sites is 1. The number of aromatic nitrogens is 2. The van der Waals surface area contributed by atoms with Crippen LogP contribution in [0.4, 0.5) is 0 Å². The zero-order chi connectivity index (χ0) is 25.1. The van der Waals surface area contributed by atoms with Gasteiger partial charge in [-0.2, -0.15) is 0 Å². The van der Waals surface area contributed by atoms with Crippen LogP contribution in [0.3, 0.4) is 0 Å². The molecule has 0 aliphatic rings. The quantitative estimate of drug-likeness (QED) is 0.142. The summed E-state index contributed by atoms with van der Waals surface area (Å²) < 4.78 is 6.01. The molecule has 0 aliphatic carbocycles. The van der Waals surface area contributed by atoms with Crippen molar-refractivity contribution in [2.75, 3.05) is 0 Å². The summed E-state index contributed by atoms with van der Waals surface area (Å²) in [5.74, 6) is 0. The average molecular weight is 677 g/mol. The maximum absolute atomic E-state index is 6.01. The van der Waals surface area contributed by atoms with E-state index in [2.05, 4.69) is 72.9 Å². The minimum absolute atomic E-state index is 0. The fraction of sp³-hybridized carbons (Fsp3) is 0.125. The molecule has 0 saturated heterocycles. The molecule has 1 radical (unpaired) electrons. The van der Waals surface area contributed by atoms with Crippen LogP contribution < -0.4 is 5.19 Å². The minimum atomic E-state index is -1.23. The van der Waals surface area contributed by atoms with Gasteiger partial charge < -0.3 is 14.4 Å². The Labute approximate surface area is 233 Å². The Kier molecular flexibility index (Phi) is 8.18. The van der Waals surface area contributed by atoms with E-state index in [0.717, 1.165) is 44.5 Å². The third kappa shape index (κ3) is 5.96. The first kappa shape index (κ1) is 26.7. The molecule has 3 nitrogen and oxygen atoms in total. The summed E-state index contributed by atoms with van der Waals surface area (Å²) >= 11 is 0. The largest absolute Gasteiger partial charge is 0.501 e. The van der Waals surface area contributed by atoms with E-state index in [-0.39, 0.29) is 20.1 Å². The molecule has 6 aromatic rings. The van der Waals surface area contributed by atoms with Gasteiger partial charge >= 0.3 is 0 Å². The summed E-state index contributed by atoms with van der Waals surface area (Å²) in [4.78, 5) is 8.96. The van der Waals surface area contributed by atoms with Crippen LogP contribution >= 0.6 is 0 Å². The maximum Gasteiger partial charge on any atom is 0.120 e. The van der Waals surface area contributed by atoms with Gasteiger partial charge in [0.25, 0.3) is 0 Å². The summed E-state index contributed by atoms with van der Waals surface area (Å²) in [6.07, 6.45) is 3.84. The topological polar surface area (TPSA) is 38.9 Å². The van der Waals surface area contributed by atoms with Crippen LogP contribution in [0.15, 0.2) is 102 Å². The number of pyridine rings is 2. The van der Waals surface area contributed by atoms with Crippen LogP contribution in [0.1, 0.15) is 5.56 Å². The second-order valence-corrected chi connectivity index (χ2v) is 14.9. The number of hydrogen-bond acceptors (Lipinski definition) is 3. The molecule has 0 bridgehead atoms. The molecule has 3 heterocycles. The number of aryl methyl sites for hydroxylation is 1. The van der Waals surface area contributed by atoms with Crippen molar-refractivity contribution in [1.82, 2.24) is 9.97 Å². The number of rotatable bonds is 3. The van der Waals surface area contributed by atoms with Crippen LogP contribution in [0.5, 0.6) is 0 Å². The number of nitrogens with zero attached hydrogens (tertiary/aromatic N) is 2. The molecule has 0 unspecified atom stereocenters. The van der Waals surface area contributed by atoms with Gasteiger partial charge in [0.1, 0.15) is 5.58 Å². The maximum atomic E-state index is 6.01. The molecule has 6 rings (SSSR count). The molecule has 37 heavy (non-hydrogen) atoms. The molecule has 3 aromatic heterocycles. The smallest absolute Gasteiger partial charge is 0.120 e. The second-order valence-electron chi connectivity index (χ2n) is 9.87. The zero-order valence-electron chi connectivity index (χ0n) is 21.4. The molecule has 0 saturated carbocycles. The van der Waals surface area contributed by atoms with Crippen molar-refractivity contribution in [2.45, 2.75) is 26.6 Å². The van der Waals surface area contributed by atoms with Gasteiger partial charge in [-0.3, -0.25) is 0 Å². The molecule has 0 fully saturated rings. The van der Waals surface area contributed by atoms with Gasteiger partial charge in [-0.25, -0.2) is 0 Å². The van der Waals surface area contributed by atoms with Crippen LogP contribution in [0.25, 0.3) is 44.5 Å². The van der Waals surface area contributed by atoms with Crippen molar-refractivity contribution < 1.29 is 24.5 Å². The fourth-order valence-electron chi connectivity index (χ4n) is 4.10. The normalized spacial score (nSPS) is 11.0. The predicted molar refractivity (Wildman–Crippen MR) is 152 cm³/mol. The third-order valence-electron chi connectivity index (χ3n) is 6.12. The van der Waals surface area contributed by atoms with Gasteiger partial charge in [-0.1, -0.05) is 72.6 Å². The molecule has 0 N–H and O–H groups in total. The van der Waals surface area contributed by atoms with E-state index in [0.29, 0.717) is 0 Å². The molecular formula is C32H28IrN2OSi-2. The number of furan rings is 1. The van der Waals surface area contributed by atoms with E-state index in [9.17, 15) is 0 Å². The summed E-state index contributed by atoms with van der Waals surface area (Å²) in [7, 11) is -1.23. The van der Waals surface area contributed by atoms with Gasteiger partial charge in [-0.15, -0.1) is 54.1 Å². The third-order valence-corrected chi connectivity index (χ3v) is 8.15. The molecule has 0 atom stereocenters. The van der Waals surface area contributed by atoms with Gasteiger partial charge in [-0.05, 0) is 35.6 Å². The Morgan fingerprint density at radius 1 is 0.757 bits per heavy atom. The molecule has 0 aliphatic heterocycles. The van der Waals surface area contributed by atoms with Crippen molar-refractivity contribution in [3.63, 3.8) is 0 Å². The van der Waals surface area contributed by atoms with Crippen LogP contribution in [0, 0.1) is 19.1 Å². The SMILES string of the molecule is C[Si](C)(C)c1ccc(-c2[c-]cccc2)nc1.Cc1ccnc(-c2[c-]ccc3c2oc2ccccc23)c1.[Ir]. The summed E-state index contributed by atoms with van der Waals surface area (Å²) in [5, 5.41) is 3.63. The van der Waals surface area contributed by atoms with Gasteiger partial charge in [0.2, 0.25) is 0 Å². The molecule has 0 spiro atoms. The van der Waals surface area contributed by atoms with E-state index in [1.807, 2.05) is 73.1 Å². The van der Waals surface area contributed by atoms with Crippen molar-refractivity contribution in [3.05, 3.63) is 115 Å². The van der Waals surface area contributed by atoms with Crippen LogP contribution in [-0.2, 0) is 20.1 Å². The first-order valence-corrected chi connectivity index (χ1v) is 15.6.